The smallest absolute Gasteiger partial charge is 0.495 e. The summed E-state index contributed by atoms with van der Waals surface area (Å²) in [4.78, 5) is 0. The highest BCUT2D eigenvalue weighted by molar-refractivity contribution is 6.62. The first-order valence-corrected chi connectivity index (χ1v) is 7.78. The Bertz CT molecular complexity index is 533. The Morgan fingerprint density at radius 3 is 2.05 bits per heavy atom. The second-order valence-corrected chi connectivity index (χ2v) is 8.10. The molecule has 1 saturated heterocycles. The Hall–Kier alpha value is -1.04. The van der Waals surface area contributed by atoms with Gasteiger partial charge in [0.15, 0.2) is 0 Å². The van der Waals surface area contributed by atoms with Gasteiger partial charge < -0.3 is 18.5 Å². The van der Waals surface area contributed by atoms with Crippen molar-refractivity contribution in [1.82, 2.24) is 0 Å². The number of methoxy groups -OCH3 is 1. The summed E-state index contributed by atoms with van der Waals surface area (Å²) >= 11 is 0. The summed E-state index contributed by atoms with van der Waals surface area (Å²) in [5.74, 6) is 0.865. The lowest BCUT2D eigenvalue weighted by molar-refractivity contribution is -0.883. The van der Waals surface area contributed by atoms with Gasteiger partial charge in [0.2, 0.25) is 0 Å². The summed E-state index contributed by atoms with van der Waals surface area (Å²) in [6, 6.07) is 6.12. The number of hydrogen-bond acceptors (Lipinski definition) is 3. The molecule has 1 aliphatic rings. The van der Waals surface area contributed by atoms with Crippen LogP contribution in [0.1, 0.15) is 33.3 Å². The Morgan fingerprint density at radius 1 is 1.05 bits per heavy atom. The van der Waals surface area contributed by atoms with Gasteiger partial charge in [-0.25, -0.2) is 0 Å². The zero-order valence-electron chi connectivity index (χ0n) is 15.2. The maximum absolute atomic E-state index is 6.21. The van der Waals surface area contributed by atoms with Gasteiger partial charge in [0.05, 0.1) is 39.5 Å². The van der Waals surface area contributed by atoms with E-state index in [1.807, 2.05) is 6.07 Å². The summed E-state index contributed by atoms with van der Waals surface area (Å²) in [5, 5.41) is 0. The van der Waals surface area contributed by atoms with E-state index < -0.39 is 0 Å². The standard InChI is InChI=1S/C17H29BNO3/c1-16(2)17(3,4)22-18(21-16)15-10-9-14(20-8)11-13(15)12-19(5,6)7/h9-11H,12H2,1-8H3/q+1. The zero-order valence-corrected chi connectivity index (χ0v) is 15.2. The molecule has 0 bridgehead atoms. The number of benzene rings is 1. The highest BCUT2D eigenvalue weighted by atomic mass is 16.7. The fourth-order valence-electron chi connectivity index (χ4n) is 2.56. The topological polar surface area (TPSA) is 27.7 Å². The molecule has 1 aliphatic heterocycles. The van der Waals surface area contributed by atoms with E-state index in [4.69, 9.17) is 14.0 Å². The average Bonchev–Trinajstić information content (AvgIpc) is 2.56. The molecule has 1 heterocycles. The molecule has 22 heavy (non-hydrogen) atoms. The fraction of sp³-hybridized carbons (Fsp3) is 0.647. The molecule has 1 fully saturated rings. The Morgan fingerprint density at radius 2 is 1.59 bits per heavy atom. The molecular formula is C17H29BNO3+. The normalized spacial score (nSPS) is 20.3. The van der Waals surface area contributed by atoms with E-state index in [1.54, 1.807) is 7.11 Å². The first-order valence-electron chi connectivity index (χ1n) is 7.78. The number of hydrogen-bond donors (Lipinski definition) is 0. The van der Waals surface area contributed by atoms with Crippen molar-refractivity contribution in [3.63, 3.8) is 0 Å². The molecule has 0 spiro atoms. The van der Waals surface area contributed by atoms with Crippen molar-refractivity contribution in [2.45, 2.75) is 45.4 Å². The molecule has 5 heteroatoms. The van der Waals surface area contributed by atoms with E-state index in [0.717, 1.165) is 22.2 Å². The third-order valence-corrected chi connectivity index (χ3v) is 4.50. The van der Waals surface area contributed by atoms with Crippen molar-refractivity contribution in [3.8, 4) is 5.75 Å². The summed E-state index contributed by atoms with van der Waals surface area (Å²) in [5.41, 5.74) is 1.63. The second-order valence-electron chi connectivity index (χ2n) is 8.10. The van der Waals surface area contributed by atoms with Crippen LogP contribution in [0.15, 0.2) is 18.2 Å². The van der Waals surface area contributed by atoms with E-state index in [2.05, 4.69) is 61.0 Å². The van der Waals surface area contributed by atoms with E-state index >= 15 is 0 Å². The number of rotatable bonds is 4. The molecule has 0 aromatic heterocycles. The van der Waals surface area contributed by atoms with Crippen molar-refractivity contribution in [3.05, 3.63) is 23.8 Å². The van der Waals surface area contributed by atoms with Crippen molar-refractivity contribution in [2.75, 3.05) is 28.3 Å². The lowest BCUT2D eigenvalue weighted by Gasteiger charge is -2.32. The maximum Gasteiger partial charge on any atom is 0.495 e. The van der Waals surface area contributed by atoms with E-state index in [-0.39, 0.29) is 18.3 Å². The first kappa shape index (κ1) is 17.3. The highest BCUT2D eigenvalue weighted by Gasteiger charge is 2.52. The van der Waals surface area contributed by atoms with Gasteiger partial charge in [-0.05, 0) is 45.3 Å². The van der Waals surface area contributed by atoms with Crippen LogP contribution in [0.3, 0.4) is 0 Å². The van der Waals surface area contributed by atoms with Crippen molar-refractivity contribution in [2.24, 2.45) is 0 Å². The molecule has 0 unspecified atom stereocenters. The van der Waals surface area contributed by atoms with Crippen LogP contribution in [0.2, 0.25) is 0 Å². The van der Waals surface area contributed by atoms with Crippen LogP contribution in [-0.2, 0) is 15.9 Å². The zero-order chi connectivity index (χ0) is 16.8. The Labute approximate surface area is 135 Å². The summed E-state index contributed by atoms with van der Waals surface area (Å²) in [7, 11) is 7.88. The predicted molar refractivity (Wildman–Crippen MR) is 90.4 cm³/mol. The molecule has 2 rings (SSSR count). The molecule has 122 valence electrons. The quantitative estimate of drug-likeness (QED) is 0.630. The third kappa shape index (κ3) is 3.48. The van der Waals surface area contributed by atoms with Gasteiger partial charge in [0.25, 0.3) is 0 Å². The molecule has 1 aromatic carbocycles. The van der Waals surface area contributed by atoms with Crippen LogP contribution in [0, 0.1) is 0 Å². The molecule has 0 amide bonds. The average molecular weight is 306 g/mol. The van der Waals surface area contributed by atoms with Crippen LogP contribution >= 0.6 is 0 Å². The van der Waals surface area contributed by atoms with E-state index in [9.17, 15) is 0 Å². The van der Waals surface area contributed by atoms with Gasteiger partial charge in [-0.1, -0.05) is 6.07 Å². The van der Waals surface area contributed by atoms with Crippen LogP contribution in [0.5, 0.6) is 5.75 Å². The SMILES string of the molecule is COc1ccc(B2OC(C)(C)C(C)(C)O2)c(C[N+](C)(C)C)c1. The van der Waals surface area contributed by atoms with E-state index in [0.29, 0.717) is 0 Å². The third-order valence-electron chi connectivity index (χ3n) is 4.50. The van der Waals surface area contributed by atoms with Gasteiger partial charge >= 0.3 is 7.12 Å². The monoisotopic (exact) mass is 306 g/mol. The molecule has 0 N–H and O–H groups in total. The Kier molecular flexibility index (Phi) is 4.37. The maximum atomic E-state index is 6.21. The van der Waals surface area contributed by atoms with Crippen LogP contribution in [0.25, 0.3) is 0 Å². The van der Waals surface area contributed by atoms with Crippen molar-refractivity contribution >= 4 is 12.6 Å². The minimum Gasteiger partial charge on any atom is -0.497 e. The number of quaternary nitrogens is 1. The van der Waals surface area contributed by atoms with Gasteiger partial charge in [0.1, 0.15) is 12.3 Å². The predicted octanol–water partition coefficient (Wildman–Crippen LogP) is 2.20. The van der Waals surface area contributed by atoms with Gasteiger partial charge in [-0.15, -0.1) is 0 Å². The summed E-state index contributed by atoms with van der Waals surface area (Å²) < 4.78 is 18.6. The lowest BCUT2D eigenvalue weighted by Crippen LogP contribution is -2.41. The van der Waals surface area contributed by atoms with Crippen LogP contribution in [0.4, 0.5) is 0 Å². The highest BCUT2D eigenvalue weighted by Crippen LogP contribution is 2.37. The van der Waals surface area contributed by atoms with Gasteiger partial charge in [-0.3, -0.25) is 0 Å². The van der Waals surface area contributed by atoms with Gasteiger partial charge in [0, 0.05) is 5.56 Å². The van der Waals surface area contributed by atoms with Crippen LogP contribution < -0.4 is 10.2 Å². The molecule has 1 aromatic rings. The molecule has 0 atom stereocenters. The molecular weight excluding hydrogens is 277 g/mol. The van der Waals surface area contributed by atoms with Crippen LogP contribution in [-0.4, -0.2) is 51.1 Å². The lowest BCUT2D eigenvalue weighted by atomic mass is 9.75. The first-order chi connectivity index (χ1) is 9.95. The molecule has 0 radical (unpaired) electrons. The number of ether oxygens (including phenoxy) is 1. The minimum atomic E-state index is -0.336. The number of nitrogens with zero attached hydrogens (tertiary/aromatic N) is 1. The molecule has 0 saturated carbocycles. The second kappa shape index (κ2) is 5.55. The van der Waals surface area contributed by atoms with Gasteiger partial charge in [-0.2, -0.15) is 0 Å². The minimum absolute atomic E-state index is 0.328. The van der Waals surface area contributed by atoms with Crippen molar-refractivity contribution < 1.29 is 18.5 Å². The molecule has 4 nitrogen and oxygen atoms in total. The fourth-order valence-corrected chi connectivity index (χ4v) is 2.56. The summed E-state index contributed by atoms with van der Waals surface area (Å²) in [6.07, 6.45) is 0. The van der Waals surface area contributed by atoms with E-state index in [1.165, 1.54) is 5.56 Å². The Balaban J connectivity index is 2.39. The van der Waals surface area contributed by atoms with Crippen molar-refractivity contribution in [1.29, 1.82) is 0 Å². The summed E-state index contributed by atoms with van der Waals surface area (Å²) in [6.45, 7) is 9.20. The largest absolute Gasteiger partial charge is 0.497 e. The molecule has 0 aliphatic carbocycles.